The molecule has 4 rings (SSSR count). The topological polar surface area (TPSA) is 368 Å². The fourth-order valence-corrected chi connectivity index (χ4v) is 7.35. The molecule has 0 radical (unpaired) electrons. The number of aliphatic hydroxyl groups excluding tert-OH is 6. The second-order valence-electron chi connectivity index (χ2n) is 15.4. The van der Waals surface area contributed by atoms with Crippen LogP contribution in [0.25, 0.3) is 0 Å². The van der Waals surface area contributed by atoms with E-state index >= 15 is 0 Å². The predicted octanol–water partition coefficient (Wildman–Crippen LogP) is -6.95. The van der Waals surface area contributed by atoms with Crippen molar-refractivity contribution in [3.63, 3.8) is 0 Å². The van der Waals surface area contributed by atoms with Gasteiger partial charge in [0.25, 0.3) is 0 Å². The van der Waals surface area contributed by atoms with Crippen LogP contribution < -0.4 is 32.7 Å². The summed E-state index contributed by atoms with van der Waals surface area (Å²) in [5.41, 5.74) is 12.1. The van der Waals surface area contributed by atoms with Crippen LogP contribution in [-0.4, -0.2) is 179 Å². The molecule has 1 unspecified atom stereocenters. The number of aryl methyl sites for hydroxylation is 1. The van der Waals surface area contributed by atoms with Crippen LogP contribution in [0.5, 0.6) is 5.75 Å². The Bertz CT molecular complexity index is 1730. The van der Waals surface area contributed by atoms with Crippen molar-refractivity contribution >= 4 is 41.4 Å². The van der Waals surface area contributed by atoms with E-state index in [-0.39, 0.29) is 18.7 Å². The third kappa shape index (κ3) is 10.7. The Labute approximate surface area is 332 Å². The number of carbonyl (C=O) groups excluding carboxylic acids is 7. The average Bonchev–Trinajstić information content (AvgIpc) is 3.68. The van der Waals surface area contributed by atoms with E-state index < -0.39 is 152 Å². The number of primary amides is 1. The molecule has 0 spiro atoms. The van der Waals surface area contributed by atoms with E-state index in [1.54, 1.807) is 6.92 Å². The first-order chi connectivity index (χ1) is 27.1. The molecule has 322 valence electrons. The molecule has 22 heteroatoms. The Kier molecular flexibility index (Phi) is 15.1. The minimum Gasteiger partial charge on any atom is -0.508 e. The normalized spacial score (nSPS) is 32.4. The number of β-amino-alcohol motifs (C(OH)–C–C–N with tert-alkyl or cyclic N) is 1. The number of aliphatic hydroxyl groups is 6. The molecule has 0 aromatic heterocycles. The molecule has 3 fully saturated rings. The van der Waals surface area contributed by atoms with Gasteiger partial charge in [-0.05, 0) is 37.5 Å². The van der Waals surface area contributed by atoms with Gasteiger partial charge in [-0.1, -0.05) is 19.1 Å². The molecule has 13 atom stereocenters. The van der Waals surface area contributed by atoms with Gasteiger partial charge in [-0.15, -0.1) is 0 Å². The zero-order chi connectivity index (χ0) is 43.3. The second kappa shape index (κ2) is 19.2. The Balaban J connectivity index is 1.81. The van der Waals surface area contributed by atoms with Crippen LogP contribution in [0.1, 0.15) is 44.2 Å². The number of amides is 7. The summed E-state index contributed by atoms with van der Waals surface area (Å²) >= 11 is 0. The first-order valence-electron chi connectivity index (χ1n) is 18.8. The first kappa shape index (κ1) is 45.7. The maximum atomic E-state index is 14.2. The molecule has 0 aliphatic carbocycles. The van der Waals surface area contributed by atoms with Crippen molar-refractivity contribution < 1.29 is 69.3 Å². The summed E-state index contributed by atoms with van der Waals surface area (Å²) in [4.78, 5) is 96.6. The molecule has 0 bridgehead atoms. The first-order valence-corrected chi connectivity index (χ1v) is 18.8. The van der Waals surface area contributed by atoms with Gasteiger partial charge in [0.1, 0.15) is 36.0 Å². The number of aromatic hydroxyl groups is 1. The smallest absolute Gasteiger partial charge is 0.248 e. The fraction of sp³-hybridized carbons (Fsp3) is 0.639. The van der Waals surface area contributed by atoms with E-state index in [0.717, 1.165) is 16.7 Å². The molecule has 3 saturated heterocycles. The number of nitrogens with zero attached hydrogens (tertiary/aromatic N) is 2. The van der Waals surface area contributed by atoms with Crippen molar-refractivity contribution in [2.75, 3.05) is 19.6 Å². The number of rotatable bonds is 7. The van der Waals surface area contributed by atoms with Crippen molar-refractivity contribution in [2.24, 2.45) is 17.4 Å². The molecule has 58 heavy (non-hydrogen) atoms. The molecule has 1 aromatic rings. The van der Waals surface area contributed by atoms with E-state index in [9.17, 15) is 69.3 Å². The van der Waals surface area contributed by atoms with Gasteiger partial charge in [-0.3, -0.25) is 33.6 Å². The Morgan fingerprint density at radius 3 is 2.07 bits per heavy atom. The lowest BCUT2D eigenvalue weighted by molar-refractivity contribution is -0.147. The van der Waals surface area contributed by atoms with E-state index in [4.69, 9.17) is 11.5 Å². The Hall–Kier alpha value is -4.97. The number of nitrogens with one attached hydrogen (secondary N) is 4. The molecule has 3 aliphatic heterocycles. The lowest BCUT2D eigenvalue weighted by Gasteiger charge is -2.33. The van der Waals surface area contributed by atoms with E-state index in [1.807, 2.05) is 0 Å². The molecule has 22 nitrogen and oxygen atoms in total. The van der Waals surface area contributed by atoms with Gasteiger partial charge in [-0.25, -0.2) is 0 Å². The lowest BCUT2D eigenvalue weighted by atomic mass is 9.98. The summed E-state index contributed by atoms with van der Waals surface area (Å²) in [6.45, 7) is 2.91. The van der Waals surface area contributed by atoms with Gasteiger partial charge < -0.3 is 78.3 Å². The van der Waals surface area contributed by atoms with Crippen molar-refractivity contribution in [2.45, 2.75) is 119 Å². The van der Waals surface area contributed by atoms with E-state index in [2.05, 4.69) is 21.3 Å². The number of benzene rings is 1. The van der Waals surface area contributed by atoms with Gasteiger partial charge in [0.15, 0.2) is 0 Å². The van der Waals surface area contributed by atoms with Crippen LogP contribution in [0.2, 0.25) is 0 Å². The van der Waals surface area contributed by atoms with E-state index in [0.29, 0.717) is 11.1 Å². The molecule has 3 aliphatic rings. The molecule has 3 heterocycles. The highest BCUT2D eigenvalue weighted by atomic mass is 16.3. The molecule has 7 amide bonds. The Morgan fingerprint density at radius 2 is 1.45 bits per heavy atom. The minimum atomic E-state index is -2.08. The van der Waals surface area contributed by atoms with Crippen molar-refractivity contribution in [3.8, 4) is 5.75 Å². The molecular weight excluding hydrogens is 768 g/mol. The average molecular weight is 823 g/mol. The highest BCUT2D eigenvalue weighted by molar-refractivity contribution is 5.98. The van der Waals surface area contributed by atoms with Crippen LogP contribution >= 0.6 is 0 Å². The SMILES string of the molecule is Cc1cc(C[C@@H](O)[C@@H]2NC(=O)[C@@H]3C[C@@H](O)CN3C(=O)[C@H]([C@@H](C)O)NC(=O)C(N)C[C@@H](O)CNC(=O)[C@@H]3[C@@H](O)[C@@H](C)CN3C(=O)[C@H]([C@H](O)CC(N)=O)NC2=O)ccc1O. The third-order valence-corrected chi connectivity index (χ3v) is 10.6. The number of phenols is 1. The largest absolute Gasteiger partial charge is 0.508 e. The monoisotopic (exact) mass is 822 g/mol. The molecule has 0 saturated carbocycles. The summed E-state index contributed by atoms with van der Waals surface area (Å²) in [7, 11) is 0. The minimum absolute atomic E-state index is 0.0741. The molecule has 1 aromatic carbocycles. The highest BCUT2D eigenvalue weighted by Crippen LogP contribution is 2.26. The quantitative estimate of drug-likeness (QED) is 0.122. The zero-order valence-corrected chi connectivity index (χ0v) is 32.2. The molecular formula is C36H54N8O14. The van der Waals surface area contributed by atoms with Crippen molar-refractivity contribution in [3.05, 3.63) is 29.3 Å². The van der Waals surface area contributed by atoms with Crippen molar-refractivity contribution in [1.29, 1.82) is 0 Å². The summed E-state index contributed by atoms with van der Waals surface area (Å²) < 4.78 is 0. The highest BCUT2D eigenvalue weighted by Gasteiger charge is 2.49. The van der Waals surface area contributed by atoms with Crippen LogP contribution in [0, 0.1) is 12.8 Å². The van der Waals surface area contributed by atoms with Gasteiger partial charge in [0.2, 0.25) is 41.4 Å². The Morgan fingerprint density at radius 1 is 0.828 bits per heavy atom. The number of phenolic OH excluding ortho intramolecular Hbond substituents is 1. The number of hydrogen-bond donors (Lipinski definition) is 13. The lowest BCUT2D eigenvalue weighted by Crippen LogP contribution is -2.64. The van der Waals surface area contributed by atoms with Crippen molar-refractivity contribution in [1.82, 2.24) is 31.1 Å². The third-order valence-electron chi connectivity index (χ3n) is 10.6. The summed E-state index contributed by atoms with van der Waals surface area (Å²) in [6, 6.07) is -6.32. The van der Waals surface area contributed by atoms with Crippen LogP contribution in [0.15, 0.2) is 18.2 Å². The van der Waals surface area contributed by atoms with Gasteiger partial charge in [-0.2, -0.15) is 0 Å². The number of fused-ring (bicyclic) bond motifs is 2. The summed E-state index contributed by atoms with van der Waals surface area (Å²) in [5, 5.41) is 84.8. The van der Waals surface area contributed by atoms with Crippen LogP contribution in [-0.2, 0) is 40.0 Å². The molecule has 15 N–H and O–H groups in total. The van der Waals surface area contributed by atoms with Crippen LogP contribution in [0.3, 0.4) is 0 Å². The second-order valence-corrected chi connectivity index (χ2v) is 15.4. The standard InChI is InChI=1S/C36H54N8O14/c1-14-6-17(4-5-22(14)48)7-23(49)27-33(55)42-28(24(50)10-25(38)51)36(58)44-12-15(2)30(52)29(44)34(56)39-11-18(46)8-20(37)31(53)40-26(16(3)45)35(57)43-13-19(47)9-21(43)32(54)41-27/h4-6,15-16,18-21,23-24,26-30,45-50,52H,7-13,37H2,1-3H3,(H2,38,51)(H,39,56)(H,40,53)(H,41,54)(H,42,55)/t15-,16+,18+,19+,20?,21-,23+,24+,26-,27-,28-,29-,30-/m0/s1. The summed E-state index contributed by atoms with van der Waals surface area (Å²) in [6.07, 6.45) is -11.9. The predicted molar refractivity (Wildman–Crippen MR) is 198 cm³/mol. The van der Waals surface area contributed by atoms with Gasteiger partial charge >= 0.3 is 0 Å². The van der Waals surface area contributed by atoms with Crippen LogP contribution in [0.4, 0.5) is 0 Å². The van der Waals surface area contributed by atoms with E-state index in [1.165, 1.54) is 25.1 Å². The fourth-order valence-electron chi connectivity index (χ4n) is 7.35. The van der Waals surface area contributed by atoms with Gasteiger partial charge in [0, 0.05) is 38.4 Å². The summed E-state index contributed by atoms with van der Waals surface area (Å²) in [5.74, 6) is -8.57. The number of carbonyl (C=O) groups is 7. The number of hydrogen-bond acceptors (Lipinski definition) is 15. The maximum absolute atomic E-state index is 14.2. The zero-order valence-electron chi connectivity index (χ0n) is 32.2. The maximum Gasteiger partial charge on any atom is 0.248 e. The van der Waals surface area contributed by atoms with Gasteiger partial charge in [0.05, 0.1) is 49.1 Å². The number of nitrogens with two attached hydrogens (primary N) is 2.